The van der Waals surface area contributed by atoms with Crippen molar-refractivity contribution >= 4 is 14.9 Å². The zero-order valence-corrected chi connectivity index (χ0v) is 26.0. The van der Waals surface area contributed by atoms with Crippen LogP contribution in [-0.4, -0.2) is 31.6 Å². The van der Waals surface area contributed by atoms with Gasteiger partial charge in [-0.3, -0.25) is 0 Å². The first-order valence-electron chi connectivity index (χ1n) is 15.1. The summed E-state index contributed by atoms with van der Waals surface area (Å²) in [7, 11) is -1.56. The smallest absolute Gasteiger partial charge is 0.150 e. The van der Waals surface area contributed by atoms with E-state index in [0.29, 0.717) is 22.9 Å². The van der Waals surface area contributed by atoms with Gasteiger partial charge in [0.2, 0.25) is 0 Å². The van der Waals surface area contributed by atoms with E-state index in [1.54, 1.807) is 0 Å². The summed E-state index contributed by atoms with van der Waals surface area (Å²) in [6, 6.07) is 1.25. The standard InChI is InChI=1S/C31H58BNSi/c1-20(2)33(21(3)4)34(11,12)15-13-14-32(28-18-24-16-26(22(28)5)30(24,7)8)29-19-25-17-27(23(29)6)31(25,9)10/h13,15,20-29H,14,16-19H2,1-12H3/b15-13+/t22-,23-,24+,25+,26-,27-,28-,29-/m1/s1. The van der Waals surface area contributed by atoms with Gasteiger partial charge in [0.05, 0.1) is 0 Å². The van der Waals surface area contributed by atoms with E-state index in [1.807, 2.05) is 0 Å². The molecule has 0 N–H and O–H groups in total. The Morgan fingerprint density at radius 1 is 0.794 bits per heavy atom. The highest BCUT2D eigenvalue weighted by Crippen LogP contribution is 2.69. The van der Waals surface area contributed by atoms with Gasteiger partial charge in [0.1, 0.15) is 8.24 Å². The van der Waals surface area contributed by atoms with Gasteiger partial charge in [-0.2, -0.15) is 0 Å². The van der Waals surface area contributed by atoms with Gasteiger partial charge in [-0.25, -0.2) is 0 Å². The van der Waals surface area contributed by atoms with E-state index in [0.717, 1.165) is 53.9 Å². The average Bonchev–Trinajstić information content (AvgIpc) is 2.70. The molecule has 0 amide bonds. The largest absolute Gasteiger partial charge is 0.316 e. The van der Waals surface area contributed by atoms with E-state index in [9.17, 15) is 0 Å². The molecule has 34 heavy (non-hydrogen) atoms. The Kier molecular flexibility index (Phi) is 7.21. The van der Waals surface area contributed by atoms with Crippen molar-refractivity contribution in [2.24, 2.45) is 46.3 Å². The third-order valence-corrected chi connectivity index (χ3v) is 16.1. The second-order valence-corrected chi connectivity index (χ2v) is 19.9. The minimum Gasteiger partial charge on any atom is -0.316 e. The van der Waals surface area contributed by atoms with Crippen LogP contribution in [0.1, 0.15) is 94.9 Å². The first-order valence-corrected chi connectivity index (χ1v) is 18.1. The predicted octanol–water partition coefficient (Wildman–Crippen LogP) is 9.05. The Morgan fingerprint density at radius 3 is 1.53 bits per heavy atom. The van der Waals surface area contributed by atoms with Crippen LogP contribution in [0.3, 0.4) is 0 Å². The Bertz CT molecular complexity index is 717. The fourth-order valence-corrected chi connectivity index (χ4v) is 14.3. The van der Waals surface area contributed by atoms with E-state index in [1.165, 1.54) is 32.0 Å². The Morgan fingerprint density at radius 2 is 1.21 bits per heavy atom. The van der Waals surface area contributed by atoms with Crippen LogP contribution in [-0.2, 0) is 0 Å². The number of hydrogen-bond donors (Lipinski definition) is 0. The number of nitrogens with zero attached hydrogens (tertiary/aromatic N) is 1. The number of rotatable bonds is 8. The van der Waals surface area contributed by atoms with E-state index >= 15 is 0 Å². The molecule has 0 aromatic heterocycles. The molecule has 6 rings (SSSR count). The third kappa shape index (κ3) is 4.25. The molecule has 0 aromatic rings. The van der Waals surface area contributed by atoms with Crippen LogP contribution < -0.4 is 0 Å². The zero-order chi connectivity index (χ0) is 25.4. The maximum atomic E-state index is 2.82. The summed E-state index contributed by atoms with van der Waals surface area (Å²) in [6.07, 6.45) is 10.1. The van der Waals surface area contributed by atoms with E-state index in [2.05, 4.69) is 98.7 Å². The van der Waals surface area contributed by atoms with Crippen LogP contribution in [0.5, 0.6) is 0 Å². The van der Waals surface area contributed by atoms with Crippen LogP contribution in [0, 0.1) is 46.3 Å². The first kappa shape index (κ1) is 27.0. The summed E-state index contributed by atoms with van der Waals surface area (Å²) in [4.78, 5) is 0. The summed E-state index contributed by atoms with van der Waals surface area (Å²) >= 11 is 0. The first-order chi connectivity index (χ1) is 15.6. The minimum atomic E-state index is -1.56. The molecule has 3 heteroatoms. The van der Waals surface area contributed by atoms with Crippen molar-refractivity contribution in [3.8, 4) is 0 Å². The summed E-state index contributed by atoms with van der Waals surface area (Å²) < 4.78 is 2.82. The van der Waals surface area contributed by atoms with Gasteiger partial charge in [0, 0.05) is 0 Å². The van der Waals surface area contributed by atoms with Crippen LogP contribution in [0.25, 0.3) is 0 Å². The molecule has 6 fully saturated rings. The molecular weight excluding hydrogens is 425 g/mol. The van der Waals surface area contributed by atoms with Crippen molar-refractivity contribution in [1.82, 2.24) is 4.57 Å². The lowest BCUT2D eigenvalue weighted by Crippen LogP contribution is -2.59. The summed E-state index contributed by atoms with van der Waals surface area (Å²) in [5, 5.41) is 0. The molecule has 8 atom stereocenters. The molecule has 0 saturated heterocycles. The van der Waals surface area contributed by atoms with Crippen LogP contribution >= 0.6 is 0 Å². The molecule has 194 valence electrons. The van der Waals surface area contributed by atoms with Gasteiger partial charge in [0.25, 0.3) is 0 Å². The Labute approximate surface area is 215 Å². The third-order valence-electron chi connectivity index (χ3n) is 12.6. The second kappa shape index (κ2) is 9.07. The number of fused-ring (bicyclic) bond motifs is 4. The maximum Gasteiger partial charge on any atom is 0.150 e. The highest BCUT2D eigenvalue weighted by atomic mass is 28.3. The molecule has 0 heterocycles. The molecule has 4 bridgehead atoms. The summed E-state index contributed by atoms with van der Waals surface area (Å²) in [6.45, 7) is 31.2. The lowest BCUT2D eigenvalue weighted by atomic mass is 9.20. The maximum absolute atomic E-state index is 2.82. The van der Waals surface area contributed by atoms with Gasteiger partial charge >= 0.3 is 0 Å². The van der Waals surface area contributed by atoms with Crippen LogP contribution in [0.4, 0.5) is 0 Å². The fourth-order valence-electron chi connectivity index (χ4n) is 10.7. The number of hydrogen-bond acceptors (Lipinski definition) is 1. The average molecular weight is 484 g/mol. The van der Waals surface area contributed by atoms with Crippen molar-refractivity contribution < 1.29 is 0 Å². The second-order valence-electron chi connectivity index (χ2n) is 15.8. The molecular formula is C31H58BNSi. The van der Waals surface area contributed by atoms with Gasteiger partial charge in [-0.05, 0) is 71.3 Å². The van der Waals surface area contributed by atoms with Gasteiger partial charge in [-0.15, -0.1) is 0 Å². The molecule has 0 aromatic carbocycles. The highest BCUT2D eigenvalue weighted by molar-refractivity contribution is 6.79. The van der Waals surface area contributed by atoms with Crippen molar-refractivity contribution in [3.63, 3.8) is 0 Å². The molecule has 6 aliphatic carbocycles. The quantitative estimate of drug-likeness (QED) is 0.311. The van der Waals surface area contributed by atoms with Crippen molar-refractivity contribution in [2.45, 2.75) is 138 Å². The number of allylic oxidation sites excluding steroid dienone is 1. The van der Waals surface area contributed by atoms with Crippen molar-refractivity contribution in [2.75, 3.05) is 0 Å². The topological polar surface area (TPSA) is 3.24 Å². The van der Waals surface area contributed by atoms with Gasteiger partial charge < -0.3 is 4.57 Å². The van der Waals surface area contributed by atoms with Gasteiger partial charge in [0.15, 0.2) is 6.71 Å². The summed E-state index contributed by atoms with van der Waals surface area (Å²) in [5.41, 5.74) is 3.92. The van der Waals surface area contributed by atoms with Gasteiger partial charge in [-0.1, -0.05) is 125 Å². The lowest BCUT2D eigenvalue weighted by molar-refractivity contribution is -0.107. The van der Waals surface area contributed by atoms with Crippen LogP contribution in [0.15, 0.2) is 11.8 Å². The SMILES string of the molecule is CC(C)N(C(C)C)[Si](C)(C)/C=C/CB([C@@H]1C[C@@H]2C[C@H]([C@H]1C)C2(C)C)[C@@H]1C[C@@H]2C[C@H]([C@H]1C)C2(C)C. The molecule has 1 nitrogen and oxygen atoms in total. The van der Waals surface area contributed by atoms with E-state index in [4.69, 9.17) is 0 Å². The van der Waals surface area contributed by atoms with Crippen molar-refractivity contribution in [1.29, 1.82) is 0 Å². The molecule has 6 saturated carbocycles. The molecule has 6 aliphatic rings. The Balaban J connectivity index is 1.56. The van der Waals surface area contributed by atoms with Crippen LogP contribution in [0.2, 0.25) is 31.0 Å². The predicted molar refractivity (Wildman–Crippen MR) is 155 cm³/mol. The molecule has 0 spiro atoms. The van der Waals surface area contributed by atoms with E-state index < -0.39 is 8.24 Å². The molecule has 0 unspecified atom stereocenters. The summed E-state index contributed by atoms with van der Waals surface area (Å²) in [5.74, 6) is 7.62. The van der Waals surface area contributed by atoms with Crippen molar-refractivity contribution in [3.05, 3.63) is 11.8 Å². The molecule has 0 radical (unpaired) electrons. The monoisotopic (exact) mass is 483 g/mol. The Hall–Kier alpha value is -0.0182. The minimum absolute atomic E-state index is 0.600. The normalized spacial score (nSPS) is 40.6. The lowest BCUT2D eigenvalue weighted by Gasteiger charge is -2.66. The van der Waals surface area contributed by atoms with E-state index in [-0.39, 0.29) is 0 Å². The molecule has 0 aliphatic heterocycles. The fraction of sp³-hybridized carbons (Fsp3) is 0.935. The highest BCUT2D eigenvalue weighted by Gasteiger charge is 2.62. The zero-order valence-electron chi connectivity index (χ0n) is 25.0.